The van der Waals surface area contributed by atoms with Crippen LogP contribution in [0.5, 0.6) is 0 Å². The lowest BCUT2D eigenvalue weighted by molar-refractivity contribution is 0.555. The molecular weight excluding hydrogens is 226 g/mol. The van der Waals surface area contributed by atoms with E-state index in [9.17, 15) is 8.42 Å². The lowest BCUT2D eigenvalue weighted by atomic mass is 10.3. The quantitative estimate of drug-likeness (QED) is 0.795. The van der Waals surface area contributed by atoms with Crippen LogP contribution >= 0.6 is 0 Å². The Kier molecular flexibility index (Phi) is 4.12. The predicted octanol–water partition coefficient (Wildman–Crippen LogP) is 0.561. The first kappa shape index (κ1) is 13.2. The zero-order chi connectivity index (χ0) is 12.3. The summed E-state index contributed by atoms with van der Waals surface area (Å²) in [6.07, 6.45) is 2.34. The standard InChI is InChI=1S/C10H19N3O2S/c1-4-8(2)12-16(14,15)10-5-9(6-11)13(3)7-10/h5,7-8,12H,4,6,11H2,1-3H3. The first-order valence-corrected chi connectivity index (χ1v) is 6.76. The molecule has 1 aromatic heterocycles. The van der Waals surface area contributed by atoms with Gasteiger partial charge in [-0.1, -0.05) is 6.92 Å². The predicted molar refractivity (Wildman–Crippen MR) is 63.4 cm³/mol. The van der Waals surface area contributed by atoms with E-state index in [-0.39, 0.29) is 10.9 Å². The Bertz CT molecular complexity index is 451. The van der Waals surface area contributed by atoms with Crippen molar-refractivity contribution in [2.24, 2.45) is 12.8 Å². The van der Waals surface area contributed by atoms with Crippen molar-refractivity contribution in [3.8, 4) is 0 Å². The number of hydrogen-bond acceptors (Lipinski definition) is 3. The number of nitrogens with one attached hydrogen (secondary N) is 1. The molecule has 1 aromatic rings. The monoisotopic (exact) mass is 245 g/mol. The zero-order valence-electron chi connectivity index (χ0n) is 9.90. The normalized spacial score (nSPS) is 14.0. The van der Waals surface area contributed by atoms with Crippen LogP contribution in [0.4, 0.5) is 0 Å². The van der Waals surface area contributed by atoms with Gasteiger partial charge in [0, 0.05) is 31.5 Å². The van der Waals surface area contributed by atoms with Gasteiger partial charge in [-0.25, -0.2) is 13.1 Å². The second kappa shape index (κ2) is 4.99. The van der Waals surface area contributed by atoms with Gasteiger partial charge in [0.2, 0.25) is 10.0 Å². The van der Waals surface area contributed by atoms with Crippen molar-refractivity contribution in [2.45, 2.75) is 37.8 Å². The van der Waals surface area contributed by atoms with E-state index in [1.807, 2.05) is 13.8 Å². The Hall–Kier alpha value is -0.850. The maximum Gasteiger partial charge on any atom is 0.242 e. The highest BCUT2D eigenvalue weighted by Gasteiger charge is 2.18. The van der Waals surface area contributed by atoms with Gasteiger partial charge in [-0.3, -0.25) is 0 Å². The van der Waals surface area contributed by atoms with Crippen molar-refractivity contribution in [1.82, 2.24) is 9.29 Å². The molecule has 92 valence electrons. The highest BCUT2D eigenvalue weighted by atomic mass is 32.2. The van der Waals surface area contributed by atoms with E-state index in [2.05, 4.69) is 4.72 Å². The summed E-state index contributed by atoms with van der Waals surface area (Å²) in [5.41, 5.74) is 6.29. The number of aromatic nitrogens is 1. The summed E-state index contributed by atoms with van der Waals surface area (Å²) in [5.74, 6) is 0. The summed E-state index contributed by atoms with van der Waals surface area (Å²) in [6.45, 7) is 4.10. The van der Waals surface area contributed by atoms with E-state index in [4.69, 9.17) is 5.73 Å². The third-order valence-corrected chi connectivity index (χ3v) is 4.13. The molecule has 5 nitrogen and oxygen atoms in total. The van der Waals surface area contributed by atoms with Crippen molar-refractivity contribution < 1.29 is 8.42 Å². The fourth-order valence-electron chi connectivity index (χ4n) is 1.34. The van der Waals surface area contributed by atoms with E-state index in [1.165, 1.54) is 0 Å². The molecule has 6 heteroatoms. The van der Waals surface area contributed by atoms with Crippen LogP contribution in [0.3, 0.4) is 0 Å². The van der Waals surface area contributed by atoms with Crippen molar-refractivity contribution in [1.29, 1.82) is 0 Å². The van der Waals surface area contributed by atoms with E-state index in [0.717, 1.165) is 12.1 Å². The van der Waals surface area contributed by atoms with Crippen LogP contribution in [0.2, 0.25) is 0 Å². The molecule has 1 unspecified atom stereocenters. The lowest BCUT2D eigenvalue weighted by Gasteiger charge is -2.10. The molecule has 0 bridgehead atoms. The van der Waals surface area contributed by atoms with E-state index in [0.29, 0.717) is 6.54 Å². The molecule has 0 saturated heterocycles. The second-order valence-corrected chi connectivity index (χ2v) is 5.63. The first-order chi connectivity index (χ1) is 7.40. The summed E-state index contributed by atoms with van der Waals surface area (Å²) in [4.78, 5) is 0.274. The Balaban J connectivity index is 2.98. The van der Waals surface area contributed by atoms with Crippen molar-refractivity contribution >= 4 is 10.0 Å². The van der Waals surface area contributed by atoms with E-state index < -0.39 is 10.0 Å². The fraction of sp³-hybridized carbons (Fsp3) is 0.600. The molecule has 0 aliphatic rings. The number of rotatable bonds is 5. The number of sulfonamides is 1. The van der Waals surface area contributed by atoms with Gasteiger partial charge in [0.05, 0.1) is 4.90 Å². The molecule has 0 saturated carbocycles. The zero-order valence-corrected chi connectivity index (χ0v) is 10.7. The molecule has 0 aliphatic heterocycles. The molecule has 0 aliphatic carbocycles. The first-order valence-electron chi connectivity index (χ1n) is 5.28. The molecule has 0 radical (unpaired) electrons. The van der Waals surface area contributed by atoms with Gasteiger partial charge in [-0.2, -0.15) is 0 Å². The molecule has 0 fully saturated rings. The Morgan fingerprint density at radius 3 is 2.62 bits per heavy atom. The van der Waals surface area contributed by atoms with Gasteiger partial charge in [0.1, 0.15) is 0 Å². The van der Waals surface area contributed by atoms with Crippen LogP contribution in [0.1, 0.15) is 26.0 Å². The number of hydrogen-bond donors (Lipinski definition) is 2. The summed E-state index contributed by atoms with van der Waals surface area (Å²) in [6, 6.07) is 1.54. The Morgan fingerprint density at radius 2 is 2.19 bits per heavy atom. The van der Waals surface area contributed by atoms with Gasteiger partial charge in [0.15, 0.2) is 0 Å². The topological polar surface area (TPSA) is 77.1 Å². The fourth-order valence-corrected chi connectivity index (χ4v) is 2.76. The maximum atomic E-state index is 11.9. The van der Waals surface area contributed by atoms with E-state index >= 15 is 0 Å². The van der Waals surface area contributed by atoms with Crippen LogP contribution in [0, 0.1) is 0 Å². The minimum absolute atomic E-state index is 0.0634. The maximum absolute atomic E-state index is 11.9. The SMILES string of the molecule is CCC(C)NS(=O)(=O)c1cc(CN)n(C)c1. The smallest absolute Gasteiger partial charge is 0.242 e. The van der Waals surface area contributed by atoms with Crippen molar-refractivity contribution in [3.05, 3.63) is 18.0 Å². The van der Waals surface area contributed by atoms with Crippen LogP contribution in [-0.2, 0) is 23.6 Å². The number of aryl methyl sites for hydroxylation is 1. The lowest BCUT2D eigenvalue weighted by Crippen LogP contribution is -2.31. The number of nitrogens with zero attached hydrogens (tertiary/aromatic N) is 1. The molecule has 1 atom stereocenters. The minimum atomic E-state index is -3.41. The van der Waals surface area contributed by atoms with Gasteiger partial charge in [-0.05, 0) is 19.4 Å². The van der Waals surface area contributed by atoms with Gasteiger partial charge < -0.3 is 10.3 Å². The highest BCUT2D eigenvalue weighted by molar-refractivity contribution is 7.89. The van der Waals surface area contributed by atoms with E-state index in [1.54, 1.807) is 23.9 Å². The molecule has 0 spiro atoms. The summed E-state index contributed by atoms with van der Waals surface area (Å²) >= 11 is 0. The van der Waals surface area contributed by atoms with Gasteiger partial charge in [0.25, 0.3) is 0 Å². The molecule has 1 heterocycles. The van der Waals surface area contributed by atoms with Crippen molar-refractivity contribution in [2.75, 3.05) is 0 Å². The summed E-state index contributed by atoms with van der Waals surface area (Å²) in [5, 5.41) is 0. The highest BCUT2D eigenvalue weighted by Crippen LogP contribution is 2.13. The molecule has 3 N–H and O–H groups in total. The third-order valence-electron chi connectivity index (χ3n) is 2.57. The Labute approximate surface area is 96.7 Å². The van der Waals surface area contributed by atoms with Crippen LogP contribution in [0.25, 0.3) is 0 Å². The average molecular weight is 245 g/mol. The summed E-state index contributed by atoms with van der Waals surface area (Å²) in [7, 11) is -1.63. The van der Waals surface area contributed by atoms with Crippen LogP contribution in [-0.4, -0.2) is 19.0 Å². The third kappa shape index (κ3) is 2.84. The molecule has 0 amide bonds. The number of nitrogens with two attached hydrogens (primary N) is 1. The molecular formula is C10H19N3O2S. The van der Waals surface area contributed by atoms with Gasteiger partial charge in [-0.15, -0.1) is 0 Å². The van der Waals surface area contributed by atoms with Crippen molar-refractivity contribution in [3.63, 3.8) is 0 Å². The molecule has 0 aromatic carbocycles. The Morgan fingerprint density at radius 1 is 1.56 bits per heavy atom. The summed E-state index contributed by atoms with van der Waals surface area (Å²) < 4.78 is 28.2. The minimum Gasteiger partial charge on any atom is -0.352 e. The van der Waals surface area contributed by atoms with Crippen LogP contribution < -0.4 is 10.5 Å². The average Bonchev–Trinajstić information content (AvgIpc) is 2.59. The molecule has 1 rings (SSSR count). The van der Waals surface area contributed by atoms with Crippen LogP contribution in [0.15, 0.2) is 17.2 Å². The van der Waals surface area contributed by atoms with Gasteiger partial charge >= 0.3 is 0 Å². The second-order valence-electron chi connectivity index (χ2n) is 3.91. The largest absolute Gasteiger partial charge is 0.352 e. The molecule has 16 heavy (non-hydrogen) atoms.